The van der Waals surface area contributed by atoms with Crippen LogP contribution in [0.2, 0.25) is 0 Å². The van der Waals surface area contributed by atoms with Gasteiger partial charge >= 0.3 is 5.97 Å². The zero-order valence-corrected chi connectivity index (χ0v) is 19.9. The van der Waals surface area contributed by atoms with Gasteiger partial charge in [-0.2, -0.15) is 0 Å². The summed E-state index contributed by atoms with van der Waals surface area (Å²) in [4.78, 5) is 11.0. The molecule has 0 aromatic heterocycles. The Morgan fingerprint density at radius 2 is 1.25 bits per heavy atom. The zero-order chi connectivity index (χ0) is 23.1. The number of carbonyl (C=O) groups excluding carboxylic acids is 1. The molecule has 0 atom stereocenters. The summed E-state index contributed by atoms with van der Waals surface area (Å²) in [7, 11) is 1.42. The van der Waals surface area contributed by atoms with Crippen molar-refractivity contribution in [1.29, 1.82) is 0 Å². The zero-order valence-electron chi connectivity index (χ0n) is 19.9. The van der Waals surface area contributed by atoms with Crippen molar-refractivity contribution in [3.05, 3.63) is 29.8 Å². The van der Waals surface area contributed by atoms with E-state index in [2.05, 4.69) is 16.9 Å². The second-order valence-corrected chi connectivity index (χ2v) is 7.67. The molecular formula is C25H43NO6. The SMILES string of the molecule is COC(=O)CCCCCOCCOCCOCCCCCCOc1ccc(CCN)cc1. The Morgan fingerprint density at radius 1 is 0.719 bits per heavy atom. The Hall–Kier alpha value is -1.67. The fourth-order valence-electron chi connectivity index (χ4n) is 3.06. The molecule has 0 heterocycles. The lowest BCUT2D eigenvalue weighted by Gasteiger charge is -2.08. The number of hydrogen-bond donors (Lipinski definition) is 1. The largest absolute Gasteiger partial charge is 0.494 e. The van der Waals surface area contributed by atoms with Crippen LogP contribution in [0.15, 0.2) is 24.3 Å². The average molecular weight is 454 g/mol. The molecule has 0 spiro atoms. The molecule has 0 unspecified atom stereocenters. The number of hydrogen-bond acceptors (Lipinski definition) is 7. The first-order valence-electron chi connectivity index (χ1n) is 12.0. The van der Waals surface area contributed by atoms with Gasteiger partial charge in [0.15, 0.2) is 0 Å². The maximum Gasteiger partial charge on any atom is 0.305 e. The predicted octanol–water partition coefficient (Wildman–Crippen LogP) is 3.91. The van der Waals surface area contributed by atoms with Crippen molar-refractivity contribution in [1.82, 2.24) is 0 Å². The van der Waals surface area contributed by atoms with Gasteiger partial charge in [0, 0.05) is 19.6 Å². The molecule has 0 fully saturated rings. The van der Waals surface area contributed by atoms with Crippen molar-refractivity contribution in [2.75, 3.05) is 59.9 Å². The maximum absolute atomic E-state index is 11.0. The standard InChI is InChI=1S/C25H43NO6/c1-28-25(27)9-5-4-7-17-30-20-22-31-21-19-29-16-6-2-3-8-18-32-24-12-10-23(11-13-24)14-15-26/h10-13H,2-9,14-22,26H2,1H3. The Morgan fingerprint density at radius 3 is 1.81 bits per heavy atom. The summed E-state index contributed by atoms with van der Waals surface area (Å²) in [6.07, 6.45) is 8.57. The Labute approximate surface area is 193 Å². The van der Waals surface area contributed by atoms with Crippen molar-refractivity contribution < 1.29 is 28.5 Å². The molecule has 32 heavy (non-hydrogen) atoms. The fraction of sp³-hybridized carbons (Fsp3) is 0.720. The smallest absolute Gasteiger partial charge is 0.305 e. The van der Waals surface area contributed by atoms with Crippen LogP contribution in [-0.4, -0.2) is 65.9 Å². The first-order chi connectivity index (χ1) is 15.8. The van der Waals surface area contributed by atoms with Gasteiger partial charge in [0.2, 0.25) is 0 Å². The monoisotopic (exact) mass is 453 g/mol. The van der Waals surface area contributed by atoms with Crippen LogP contribution in [0.25, 0.3) is 0 Å². The van der Waals surface area contributed by atoms with E-state index in [-0.39, 0.29) is 5.97 Å². The van der Waals surface area contributed by atoms with Crippen LogP contribution in [0.3, 0.4) is 0 Å². The molecule has 0 aliphatic rings. The van der Waals surface area contributed by atoms with Crippen LogP contribution in [0.5, 0.6) is 5.75 Å². The van der Waals surface area contributed by atoms with Crippen molar-refractivity contribution in [2.45, 2.75) is 57.8 Å². The Bertz CT molecular complexity index is 552. The van der Waals surface area contributed by atoms with Gasteiger partial charge in [-0.1, -0.05) is 25.0 Å². The molecule has 0 aliphatic heterocycles. The van der Waals surface area contributed by atoms with Crippen LogP contribution in [0.1, 0.15) is 56.9 Å². The van der Waals surface area contributed by atoms with Crippen LogP contribution in [0.4, 0.5) is 0 Å². The number of nitrogens with two attached hydrogens (primary N) is 1. The Kier molecular flexibility index (Phi) is 18.8. The van der Waals surface area contributed by atoms with Crippen LogP contribution in [-0.2, 0) is 30.2 Å². The second kappa shape index (κ2) is 21.2. The number of rotatable bonds is 22. The van der Waals surface area contributed by atoms with Gasteiger partial charge in [0.1, 0.15) is 5.75 Å². The van der Waals surface area contributed by atoms with Gasteiger partial charge in [-0.3, -0.25) is 4.79 Å². The van der Waals surface area contributed by atoms with Gasteiger partial charge in [-0.25, -0.2) is 0 Å². The molecule has 7 heteroatoms. The number of ether oxygens (including phenoxy) is 5. The van der Waals surface area contributed by atoms with Crippen LogP contribution < -0.4 is 10.5 Å². The number of unbranched alkanes of at least 4 members (excludes halogenated alkanes) is 5. The van der Waals surface area contributed by atoms with E-state index in [1.807, 2.05) is 12.1 Å². The van der Waals surface area contributed by atoms with Crippen LogP contribution in [0, 0.1) is 0 Å². The molecule has 0 aliphatic carbocycles. The number of carbonyl (C=O) groups is 1. The van der Waals surface area contributed by atoms with Crippen molar-refractivity contribution >= 4 is 5.97 Å². The summed E-state index contributed by atoms with van der Waals surface area (Å²) < 4.78 is 27.0. The predicted molar refractivity (Wildman–Crippen MR) is 126 cm³/mol. The summed E-state index contributed by atoms with van der Waals surface area (Å²) in [5, 5.41) is 0. The van der Waals surface area contributed by atoms with Gasteiger partial charge in [-0.15, -0.1) is 0 Å². The minimum atomic E-state index is -0.146. The van der Waals surface area contributed by atoms with Gasteiger partial charge < -0.3 is 29.4 Å². The third kappa shape index (κ3) is 17.0. The molecule has 0 saturated carbocycles. The lowest BCUT2D eigenvalue weighted by atomic mass is 10.1. The Balaban J connectivity index is 1.74. The van der Waals surface area contributed by atoms with E-state index in [9.17, 15) is 4.79 Å². The molecule has 2 N–H and O–H groups in total. The summed E-state index contributed by atoms with van der Waals surface area (Å²) in [5.74, 6) is 0.780. The quantitative estimate of drug-likeness (QED) is 0.210. The second-order valence-electron chi connectivity index (χ2n) is 7.67. The lowest BCUT2D eigenvalue weighted by Crippen LogP contribution is -2.10. The van der Waals surface area contributed by atoms with E-state index in [1.54, 1.807) is 0 Å². The first kappa shape index (κ1) is 28.4. The number of esters is 1. The molecule has 1 aromatic rings. The molecule has 0 radical (unpaired) electrons. The van der Waals surface area contributed by atoms with E-state index in [0.29, 0.717) is 46.0 Å². The highest BCUT2D eigenvalue weighted by atomic mass is 16.5. The lowest BCUT2D eigenvalue weighted by molar-refractivity contribution is -0.140. The average Bonchev–Trinajstić information content (AvgIpc) is 2.81. The van der Waals surface area contributed by atoms with E-state index >= 15 is 0 Å². The topological polar surface area (TPSA) is 89.2 Å². The summed E-state index contributed by atoms with van der Waals surface area (Å²) in [5.41, 5.74) is 6.81. The van der Waals surface area contributed by atoms with Gasteiger partial charge in [0.05, 0.1) is 40.1 Å². The fourth-order valence-corrected chi connectivity index (χ4v) is 3.06. The highest BCUT2D eigenvalue weighted by Crippen LogP contribution is 2.13. The summed E-state index contributed by atoms with van der Waals surface area (Å²) in [6, 6.07) is 8.19. The molecular weight excluding hydrogens is 410 g/mol. The third-order valence-electron chi connectivity index (χ3n) is 4.95. The summed E-state index contributed by atoms with van der Waals surface area (Å²) >= 11 is 0. The van der Waals surface area contributed by atoms with E-state index < -0.39 is 0 Å². The molecule has 1 rings (SSSR count). The highest BCUT2D eigenvalue weighted by Gasteiger charge is 1.99. The van der Waals surface area contributed by atoms with Gasteiger partial charge in [0.25, 0.3) is 0 Å². The molecule has 7 nitrogen and oxygen atoms in total. The van der Waals surface area contributed by atoms with E-state index in [4.69, 9.17) is 24.7 Å². The minimum absolute atomic E-state index is 0.146. The molecule has 0 amide bonds. The molecule has 0 saturated heterocycles. The molecule has 184 valence electrons. The normalized spacial score (nSPS) is 10.9. The minimum Gasteiger partial charge on any atom is -0.494 e. The maximum atomic E-state index is 11.0. The number of methoxy groups -OCH3 is 1. The van der Waals surface area contributed by atoms with Crippen LogP contribution >= 0.6 is 0 Å². The van der Waals surface area contributed by atoms with Crippen molar-refractivity contribution in [3.8, 4) is 5.75 Å². The molecule has 0 bridgehead atoms. The van der Waals surface area contributed by atoms with E-state index in [1.165, 1.54) is 12.7 Å². The van der Waals surface area contributed by atoms with Crippen molar-refractivity contribution in [2.24, 2.45) is 5.73 Å². The first-order valence-corrected chi connectivity index (χ1v) is 12.0. The highest BCUT2D eigenvalue weighted by molar-refractivity contribution is 5.68. The summed E-state index contributed by atoms with van der Waals surface area (Å²) in [6.45, 7) is 5.30. The van der Waals surface area contributed by atoms with E-state index in [0.717, 1.165) is 70.3 Å². The molecule has 1 aromatic carbocycles. The van der Waals surface area contributed by atoms with Gasteiger partial charge in [-0.05, 0) is 62.8 Å². The number of benzene rings is 1. The van der Waals surface area contributed by atoms with Crippen molar-refractivity contribution in [3.63, 3.8) is 0 Å². The third-order valence-corrected chi connectivity index (χ3v) is 4.95.